The van der Waals surface area contributed by atoms with Crippen LogP contribution in [-0.2, 0) is 0 Å². The summed E-state index contributed by atoms with van der Waals surface area (Å²) >= 11 is 7.22. The zero-order valence-corrected chi connectivity index (χ0v) is 32.2. The second-order valence-electron chi connectivity index (χ2n) is 13.2. The van der Waals surface area contributed by atoms with Crippen molar-refractivity contribution in [3.8, 4) is 22.6 Å². The number of benzene rings is 3. The molecule has 1 aliphatic heterocycles. The van der Waals surface area contributed by atoms with Gasteiger partial charge in [0.2, 0.25) is 0 Å². The highest BCUT2D eigenvalue weighted by molar-refractivity contribution is 9.11. The molecule has 252 valence electrons. The smallest absolute Gasteiger partial charge is 0.166 e. The molecule has 3 aromatic rings. The molecular formula is C41H56Br2O3. The van der Waals surface area contributed by atoms with Gasteiger partial charge in [-0.2, -0.15) is 0 Å². The summed E-state index contributed by atoms with van der Waals surface area (Å²) < 4.78 is 7.68. The third-order valence-corrected chi connectivity index (χ3v) is 10.2. The highest BCUT2D eigenvalue weighted by Gasteiger charge is 2.30. The molecule has 0 amide bonds. The first-order valence-corrected chi connectivity index (χ1v) is 19.6. The third-order valence-electron chi connectivity index (χ3n) is 9.01. The van der Waals surface area contributed by atoms with E-state index >= 15 is 0 Å². The second kappa shape index (κ2) is 20.4. The van der Waals surface area contributed by atoms with E-state index in [9.17, 15) is 9.59 Å². The van der Waals surface area contributed by atoms with Gasteiger partial charge < -0.3 is 4.74 Å². The van der Waals surface area contributed by atoms with Crippen LogP contribution < -0.4 is 4.74 Å². The number of fused-ring (bicyclic) bond motifs is 2. The van der Waals surface area contributed by atoms with Gasteiger partial charge in [-0.1, -0.05) is 171 Å². The maximum Gasteiger partial charge on any atom is 0.166 e. The number of Topliss-reactive ketones (excluding diaryl/α,β-unsaturated/α-hetero) is 2. The van der Waals surface area contributed by atoms with Gasteiger partial charge >= 0.3 is 0 Å². The minimum absolute atomic E-state index is 0.00289. The highest BCUT2D eigenvalue weighted by atomic mass is 79.9. The Bertz CT molecular complexity index is 1410. The molecule has 0 unspecified atom stereocenters. The molecule has 5 heteroatoms. The number of carbonyl (C=O) groups is 2. The number of carbonyl (C=O) groups excluding carboxylic acids is 2. The first-order chi connectivity index (χ1) is 22.2. The predicted molar refractivity (Wildman–Crippen MR) is 204 cm³/mol. The van der Waals surface area contributed by atoms with Crippen molar-refractivity contribution >= 4 is 54.2 Å². The minimum atomic E-state index is -0.186. The maximum absolute atomic E-state index is 13.0. The lowest BCUT2D eigenvalue weighted by molar-refractivity contribution is 0.0941. The van der Waals surface area contributed by atoms with Crippen LogP contribution in [-0.4, -0.2) is 11.6 Å². The second-order valence-corrected chi connectivity index (χ2v) is 15.0. The Morgan fingerprint density at radius 2 is 1.11 bits per heavy atom. The number of para-hydroxylation sites is 1. The first kappa shape index (κ1) is 38.5. The standard InChI is InChI=1S/C22H16Br2O3.C19H40/c1-10(2)21(26)14-9-16(24)22-20-18(14)13(11(3)25)8-15(23)19(20)12-6-4-5-7-17(12)27-22;1-3-5-7-9-11-13-15-17-19-18-16-14-12-10-8-6-4-2/h4-10H,1-3H3;3-19H2,1-2H3. The number of ether oxygens (including phenoxy) is 1. The van der Waals surface area contributed by atoms with Gasteiger partial charge in [0.15, 0.2) is 11.6 Å². The Labute approximate surface area is 295 Å². The number of rotatable bonds is 19. The molecule has 0 atom stereocenters. The molecule has 0 N–H and O–H groups in total. The van der Waals surface area contributed by atoms with E-state index in [1.54, 1.807) is 6.07 Å². The van der Waals surface area contributed by atoms with E-state index in [1.165, 1.54) is 116 Å². The lowest BCUT2D eigenvalue weighted by Crippen LogP contribution is -2.12. The van der Waals surface area contributed by atoms with Gasteiger partial charge in [0, 0.05) is 43.4 Å². The lowest BCUT2D eigenvalue weighted by Gasteiger charge is -2.26. The van der Waals surface area contributed by atoms with Crippen LogP contribution in [0.2, 0.25) is 0 Å². The third kappa shape index (κ3) is 10.8. The average molecular weight is 757 g/mol. The summed E-state index contributed by atoms with van der Waals surface area (Å²) in [4.78, 5) is 25.4. The predicted octanol–water partition coefficient (Wildman–Crippen LogP) is 14.8. The summed E-state index contributed by atoms with van der Waals surface area (Å²) in [6, 6.07) is 11.4. The van der Waals surface area contributed by atoms with Crippen LogP contribution in [0.25, 0.3) is 21.9 Å². The van der Waals surface area contributed by atoms with Crippen molar-refractivity contribution in [2.45, 2.75) is 144 Å². The Kier molecular flexibility index (Phi) is 17.1. The van der Waals surface area contributed by atoms with Gasteiger partial charge in [0.05, 0.1) is 4.47 Å². The topological polar surface area (TPSA) is 43.4 Å². The van der Waals surface area contributed by atoms with Crippen LogP contribution in [0.3, 0.4) is 0 Å². The molecule has 3 aromatic carbocycles. The number of hydrogen-bond acceptors (Lipinski definition) is 3. The Balaban J connectivity index is 0.000000269. The number of halogens is 2. The summed E-state index contributed by atoms with van der Waals surface area (Å²) in [6.07, 6.45) is 24.9. The molecule has 0 bridgehead atoms. The summed E-state index contributed by atoms with van der Waals surface area (Å²) in [6.45, 7) is 9.84. The zero-order chi connectivity index (χ0) is 33.5. The van der Waals surface area contributed by atoms with Crippen molar-refractivity contribution in [3.63, 3.8) is 0 Å². The molecule has 0 fully saturated rings. The molecule has 0 aromatic heterocycles. The molecule has 0 aliphatic carbocycles. The van der Waals surface area contributed by atoms with Crippen molar-refractivity contribution in [1.82, 2.24) is 0 Å². The summed E-state index contributed by atoms with van der Waals surface area (Å²) in [5.74, 6) is 1.09. The first-order valence-electron chi connectivity index (χ1n) is 18.0. The van der Waals surface area contributed by atoms with Crippen molar-refractivity contribution in [2.24, 2.45) is 5.92 Å². The lowest BCUT2D eigenvalue weighted by atomic mass is 9.86. The molecule has 4 rings (SSSR count). The van der Waals surface area contributed by atoms with Gasteiger partial charge in [-0.25, -0.2) is 0 Å². The number of ketones is 2. The van der Waals surface area contributed by atoms with Crippen LogP contribution in [0.15, 0.2) is 45.3 Å². The van der Waals surface area contributed by atoms with E-state index in [2.05, 4.69) is 45.7 Å². The Morgan fingerprint density at radius 3 is 1.57 bits per heavy atom. The van der Waals surface area contributed by atoms with E-state index < -0.39 is 0 Å². The van der Waals surface area contributed by atoms with Crippen LogP contribution >= 0.6 is 31.9 Å². The Morgan fingerprint density at radius 1 is 0.652 bits per heavy atom. The van der Waals surface area contributed by atoms with E-state index in [1.807, 2.05) is 44.2 Å². The average Bonchev–Trinajstić information content (AvgIpc) is 3.04. The highest BCUT2D eigenvalue weighted by Crippen LogP contribution is 2.53. The number of unbranched alkanes of at least 4 members (excludes halogenated alkanes) is 16. The fraction of sp³-hybridized carbons (Fsp3) is 0.561. The molecule has 0 saturated carbocycles. The van der Waals surface area contributed by atoms with Crippen LogP contribution in [0.1, 0.15) is 164 Å². The van der Waals surface area contributed by atoms with Crippen LogP contribution in [0, 0.1) is 5.92 Å². The van der Waals surface area contributed by atoms with E-state index in [0.29, 0.717) is 26.7 Å². The molecule has 1 aliphatic rings. The fourth-order valence-corrected chi connectivity index (χ4v) is 7.51. The Hall–Kier alpha value is -1.98. The van der Waals surface area contributed by atoms with Crippen molar-refractivity contribution < 1.29 is 14.3 Å². The molecule has 3 nitrogen and oxygen atoms in total. The van der Waals surface area contributed by atoms with Gasteiger partial charge in [-0.3, -0.25) is 9.59 Å². The molecule has 0 radical (unpaired) electrons. The molecular weight excluding hydrogens is 700 g/mol. The number of hydrogen-bond donors (Lipinski definition) is 0. The molecule has 0 saturated heterocycles. The minimum Gasteiger partial charge on any atom is -0.455 e. The molecule has 1 heterocycles. The van der Waals surface area contributed by atoms with Crippen molar-refractivity contribution in [3.05, 3.63) is 56.5 Å². The van der Waals surface area contributed by atoms with E-state index in [4.69, 9.17) is 4.74 Å². The fourth-order valence-electron chi connectivity index (χ4n) is 6.36. The van der Waals surface area contributed by atoms with E-state index in [0.717, 1.165) is 26.7 Å². The molecule has 0 spiro atoms. The van der Waals surface area contributed by atoms with Crippen LogP contribution in [0.5, 0.6) is 11.5 Å². The monoisotopic (exact) mass is 754 g/mol. The molecule has 46 heavy (non-hydrogen) atoms. The van der Waals surface area contributed by atoms with E-state index in [-0.39, 0.29) is 17.5 Å². The van der Waals surface area contributed by atoms with Gasteiger partial charge in [-0.05, 0) is 41.1 Å². The summed E-state index contributed by atoms with van der Waals surface area (Å²) in [7, 11) is 0. The van der Waals surface area contributed by atoms with Crippen molar-refractivity contribution in [1.29, 1.82) is 0 Å². The zero-order valence-electron chi connectivity index (χ0n) is 29.0. The summed E-state index contributed by atoms with van der Waals surface area (Å²) in [5, 5.41) is 1.44. The van der Waals surface area contributed by atoms with Crippen molar-refractivity contribution in [2.75, 3.05) is 0 Å². The SMILES string of the molecule is CC(=O)c1cc(Br)c2c3c(c(Br)cc(C(=O)C(C)C)c13)Oc1ccccc1-2.CCCCCCCCCCCCCCCCCCC. The van der Waals surface area contributed by atoms with Gasteiger partial charge in [0.1, 0.15) is 11.5 Å². The van der Waals surface area contributed by atoms with Gasteiger partial charge in [-0.15, -0.1) is 0 Å². The largest absolute Gasteiger partial charge is 0.455 e. The normalized spacial score (nSPS) is 11.7. The quantitative estimate of drug-likeness (QED) is 0.0707. The maximum atomic E-state index is 13.0. The van der Waals surface area contributed by atoms with Gasteiger partial charge in [0.25, 0.3) is 0 Å². The van der Waals surface area contributed by atoms with Crippen LogP contribution in [0.4, 0.5) is 0 Å². The summed E-state index contributed by atoms with van der Waals surface area (Å²) in [5.41, 5.74) is 2.92.